The van der Waals surface area contributed by atoms with Gasteiger partial charge in [-0.15, -0.1) is 0 Å². The summed E-state index contributed by atoms with van der Waals surface area (Å²) < 4.78 is 35.8. The maximum absolute atomic E-state index is 11.9. The first-order chi connectivity index (χ1) is 6.78. The minimum absolute atomic E-state index is 0.0123. The molecule has 0 saturated carbocycles. The number of hydrogen-bond acceptors (Lipinski definition) is 2. The number of carbonyl (C=O) groups is 1. The molecule has 1 aliphatic rings. The molecule has 1 heterocycles. The summed E-state index contributed by atoms with van der Waals surface area (Å²) in [6.45, 7) is 3.58. The van der Waals surface area contributed by atoms with Crippen molar-refractivity contribution in [1.29, 1.82) is 0 Å². The Labute approximate surface area is 87.4 Å². The summed E-state index contributed by atoms with van der Waals surface area (Å²) in [6, 6.07) is 0. The van der Waals surface area contributed by atoms with Gasteiger partial charge in [0.1, 0.15) is 5.78 Å². The largest absolute Gasteiger partial charge is 0.401 e. The molecule has 0 amide bonds. The van der Waals surface area contributed by atoms with Gasteiger partial charge in [0.15, 0.2) is 0 Å². The summed E-state index contributed by atoms with van der Waals surface area (Å²) >= 11 is 0. The number of alkyl halides is 3. The highest BCUT2D eigenvalue weighted by Crippen LogP contribution is 2.25. The first kappa shape index (κ1) is 12.5. The van der Waals surface area contributed by atoms with Crippen molar-refractivity contribution in [3.8, 4) is 0 Å². The van der Waals surface area contributed by atoms with Crippen LogP contribution in [0.1, 0.15) is 20.3 Å². The van der Waals surface area contributed by atoms with Gasteiger partial charge in [-0.25, -0.2) is 0 Å². The second-order valence-electron chi connectivity index (χ2n) is 4.50. The molecule has 15 heavy (non-hydrogen) atoms. The van der Waals surface area contributed by atoms with E-state index < -0.39 is 12.7 Å². The highest BCUT2D eigenvalue weighted by molar-refractivity contribution is 5.80. The molecule has 0 bridgehead atoms. The number of carbonyl (C=O) groups excluding carboxylic acids is 1. The molecule has 5 heteroatoms. The Morgan fingerprint density at radius 2 is 1.93 bits per heavy atom. The predicted octanol–water partition coefficient (Wildman–Crippen LogP) is 2.10. The van der Waals surface area contributed by atoms with Crippen molar-refractivity contribution >= 4 is 5.78 Å². The van der Waals surface area contributed by atoms with E-state index in [-0.39, 0.29) is 17.6 Å². The zero-order chi connectivity index (χ0) is 11.6. The summed E-state index contributed by atoms with van der Waals surface area (Å²) in [5.74, 6) is 0.260. The van der Waals surface area contributed by atoms with Gasteiger partial charge in [0.2, 0.25) is 0 Å². The molecule has 0 N–H and O–H groups in total. The quantitative estimate of drug-likeness (QED) is 0.727. The van der Waals surface area contributed by atoms with Crippen molar-refractivity contribution in [2.24, 2.45) is 11.8 Å². The van der Waals surface area contributed by atoms with Gasteiger partial charge in [0.25, 0.3) is 0 Å². The van der Waals surface area contributed by atoms with E-state index in [0.29, 0.717) is 19.5 Å². The van der Waals surface area contributed by atoms with Gasteiger partial charge in [0.05, 0.1) is 6.54 Å². The number of nitrogens with zero attached hydrogens (tertiary/aromatic N) is 1. The van der Waals surface area contributed by atoms with Crippen LogP contribution < -0.4 is 0 Å². The summed E-state index contributed by atoms with van der Waals surface area (Å²) in [5, 5.41) is 0. The molecule has 1 saturated heterocycles. The topological polar surface area (TPSA) is 20.3 Å². The number of Topliss-reactive ketones (excluding diaryl/α,β-unsaturated/α-hetero) is 1. The lowest BCUT2D eigenvalue weighted by atomic mass is 9.90. The molecule has 0 aromatic rings. The minimum atomic E-state index is -4.12. The van der Waals surface area contributed by atoms with Crippen molar-refractivity contribution in [2.75, 3.05) is 19.6 Å². The standard InChI is InChI=1S/C10H16F3NO/c1-7(2)9(15)3-8-4-14(5-8)6-10(11,12)13/h7-8H,3-6H2,1-2H3. The van der Waals surface area contributed by atoms with Gasteiger partial charge in [-0.2, -0.15) is 13.2 Å². The van der Waals surface area contributed by atoms with E-state index in [1.807, 2.05) is 13.8 Å². The van der Waals surface area contributed by atoms with E-state index in [4.69, 9.17) is 0 Å². The molecule has 0 radical (unpaired) electrons. The third-order valence-electron chi connectivity index (χ3n) is 2.57. The molecular formula is C10H16F3NO. The van der Waals surface area contributed by atoms with Crippen LogP contribution >= 0.6 is 0 Å². The van der Waals surface area contributed by atoms with E-state index in [1.54, 1.807) is 0 Å². The van der Waals surface area contributed by atoms with Gasteiger partial charge in [0, 0.05) is 25.4 Å². The van der Waals surface area contributed by atoms with Gasteiger partial charge in [-0.1, -0.05) is 13.8 Å². The number of hydrogen-bond donors (Lipinski definition) is 0. The highest BCUT2D eigenvalue weighted by Gasteiger charge is 2.37. The van der Waals surface area contributed by atoms with Crippen molar-refractivity contribution < 1.29 is 18.0 Å². The van der Waals surface area contributed by atoms with Gasteiger partial charge >= 0.3 is 6.18 Å². The number of halogens is 3. The molecule has 88 valence electrons. The van der Waals surface area contributed by atoms with Crippen molar-refractivity contribution in [3.63, 3.8) is 0 Å². The smallest absolute Gasteiger partial charge is 0.299 e. The first-order valence-electron chi connectivity index (χ1n) is 5.09. The Bertz CT molecular complexity index is 231. The van der Waals surface area contributed by atoms with Gasteiger partial charge in [-0.05, 0) is 5.92 Å². The second-order valence-corrected chi connectivity index (χ2v) is 4.50. The number of ketones is 1. The van der Waals surface area contributed by atoms with E-state index >= 15 is 0 Å². The summed E-state index contributed by atoms with van der Waals surface area (Å²) in [4.78, 5) is 12.6. The average Bonchev–Trinajstić information content (AvgIpc) is 1.97. The molecule has 2 nitrogen and oxygen atoms in total. The molecular weight excluding hydrogens is 207 g/mol. The Balaban J connectivity index is 2.18. The zero-order valence-corrected chi connectivity index (χ0v) is 8.97. The Hall–Kier alpha value is -0.580. The Morgan fingerprint density at radius 3 is 2.33 bits per heavy atom. The fraction of sp³-hybridized carbons (Fsp3) is 0.900. The molecule has 1 aliphatic heterocycles. The maximum atomic E-state index is 11.9. The lowest BCUT2D eigenvalue weighted by Gasteiger charge is -2.39. The first-order valence-corrected chi connectivity index (χ1v) is 5.09. The SMILES string of the molecule is CC(C)C(=O)CC1CN(CC(F)(F)F)C1. The molecule has 1 fully saturated rings. The van der Waals surface area contributed by atoms with Crippen LogP contribution in [0.3, 0.4) is 0 Å². The van der Waals surface area contributed by atoms with Crippen LogP contribution in [0.4, 0.5) is 13.2 Å². The normalized spacial score (nSPS) is 19.3. The number of likely N-dealkylation sites (tertiary alicyclic amines) is 1. The summed E-state index contributed by atoms with van der Waals surface area (Å²) in [6.07, 6.45) is -3.70. The monoisotopic (exact) mass is 223 g/mol. The van der Waals surface area contributed by atoms with Crippen LogP contribution in [-0.4, -0.2) is 36.5 Å². The van der Waals surface area contributed by atoms with Crippen LogP contribution in [0.5, 0.6) is 0 Å². The molecule has 1 rings (SSSR count). The van der Waals surface area contributed by atoms with Crippen molar-refractivity contribution in [2.45, 2.75) is 26.4 Å². The van der Waals surface area contributed by atoms with Crippen molar-refractivity contribution in [3.05, 3.63) is 0 Å². The molecule has 0 atom stereocenters. The second kappa shape index (κ2) is 4.51. The third-order valence-corrected chi connectivity index (χ3v) is 2.57. The molecule has 0 spiro atoms. The van der Waals surface area contributed by atoms with E-state index in [9.17, 15) is 18.0 Å². The Kier molecular flexibility index (Phi) is 3.76. The molecule has 0 aliphatic carbocycles. The molecule has 0 aromatic heterocycles. The van der Waals surface area contributed by atoms with Crippen LogP contribution in [-0.2, 0) is 4.79 Å². The number of rotatable bonds is 4. The van der Waals surface area contributed by atoms with E-state index in [1.165, 1.54) is 4.90 Å². The third kappa shape index (κ3) is 4.20. The fourth-order valence-corrected chi connectivity index (χ4v) is 1.71. The fourth-order valence-electron chi connectivity index (χ4n) is 1.71. The van der Waals surface area contributed by atoms with Crippen LogP contribution in [0.25, 0.3) is 0 Å². The molecule has 0 unspecified atom stereocenters. The van der Waals surface area contributed by atoms with E-state index in [0.717, 1.165) is 0 Å². The van der Waals surface area contributed by atoms with Gasteiger partial charge in [-0.3, -0.25) is 9.69 Å². The summed E-state index contributed by atoms with van der Waals surface area (Å²) in [5.41, 5.74) is 0. The molecule has 0 aromatic carbocycles. The maximum Gasteiger partial charge on any atom is 0.401 e. The zero-order valence-electron chi connectivity index (χ0n) is 8.97. The Morgan fingerprint density at radius 1 is 1.40 bits per heavy atom. The van der Waals surface area contributed by atoms with Crippen LogP contribution in [0, 0.1) is 11.8 Å². The summed E-state index contributed by atoms with van der Waals surface area (Å²) in [7, 11) is 0. The highest BCUT2D eigenvalue weighted by atomic mass is 19.4. The lowest BCUT2D eigenvalue weighted by Crippen LogP contribution is -2.51. The lowest BCUT2D eigenvalue weighted by molar-refractivity contribution is -0.159. The van der Waals surface area contributed by atoms with Crippen LogP contribution in [0.2, 0.25) is 0 Å². The van der Waals surface area contributed by atoms with Crippen molar-refractivity contribution in [1.82, 2.24) is 4.90 Å². The van der Waals surface area contributed by atoms with E-state index in [2.05, 4.69) is 0 Å². The van der Waals surface area contributed by atoms with Crippen LogP contribution in [0.15, 0.2) is 0 Å². The minimum Gasteiger partial charge on any atom is -0.299 e. The predicted molar refractivity (Wildman–Crippen MR) is 50.4 cm³/mol. The average molecular weight is 223 g/mol. The van der Waals surface area contributed by atoms with Gasteiger partial charge < -0.3 is 0 Å².